The first kappa shape index (κ1) is 15.3. The third kappa shape index (κ3) is 18.6. The molecule has 0 aromatic carbocycles. The molecule has 0 radical (unpaired) electrons. The maximum atomic E-state index is 11.4. The Labute approximate surface area is 82.8 Å². The van der Waals surface area contributed by atoms with Gasteiger partial charge in [0.15, 0.2) is 0 Å². The monoisotopic (exact) mass is 216 g/mol. The number of hydrogen-bond acceptors (Lipinski definition) is 0. The van der Waals surface area contributed by atoms with Crippen molar-refractivity contribution in [3.8, 4) is 0 Å². The lowest BCUT2D eigenvalue weighted by Gasteiger charge is -1.87. The molecule has 0 heterocycles. The minimum absolute atomic E-state index is 0.00968. The third-order valence-electron chi connectivity index (χ3n) is 1.17. The quantitative estimate of drug-likeness (QED) is 0.478. The van der Waals surface area contributed by atoms with Crippen LogP contribution in [0.15, 0.2) is 12.4 Å². The van der Waals surface area contributed by atoms with Crippen molar-refractivity contribution in [3.63, 3.8) is 0 Å². The summed E-state index contributed by atoms with van der Waals surface area (Å²) in [5.74, 6) is 0.827. The number of allylic oxidation sites excluding steroid dienone is 1. The van der Waals surface area contributed by atoms with Crippen LogP contribution in [-0.2, 0) is 0 Å². The molecule has 0 saturated heterocycles. The van der Waals surface area contributed by atoms with Crippen molar-refractivity contribution in [2.75, 3.05) is 12.6 Å². The third-order valence-corrected chi connectivity index (χ3v) is 1.43. The highest BCUT2D eigenvalue weighted by Gasteiger charge is 1.95. The van der Waals surface area contributed by atoms with Crippen LogP contribution in [0.4, 0.5) is 13.2 Å². The van der Waals surface area contributed by atoms with E-state index in [4.69, 9.17) is 11.6 Å². The summed E-state index contributed by atoms with van der Waals surface area (Å²) in [5, 5.41) is 0. The number of alkyl halides is 3. The first-order chi connectivity index (χ1) is 6.22. The highest BCUT2D eigenvalue weighted by atomic mass is 35.5. The van der Waals surface area contributed by atoms with E-state index in [0.29, 0.717) is 6.08 Å². The lowest BCUT2D eigenvalue weighted by Crippen LogP contribution is -1.94. The fraction of sp³-hybridized carbons (Fsp3) is 0.778. The summed E-state index contributed by atoms with van der Waals surface area (Å²) in [5.41, 5.74) is 0. The Morgan fingerprint density at radius 2 is 2.00 bits per heavy atom. The molecule has 0 amide bonds. The zero-order valence-corrected chi connectivity index (χ0v) is 8.54. The number of halogens is 4. The van der Waals surface area contributed by atoms with Crippen LogP contribution in [0.3, 0.4) is 0 Å². The molecule has 0 aromatic rings. The molecule has 0 spiro atoms. The van der Waals surface area contributed by atoms with Gasteiger partial charge >= 0.3 is 0 Å². The Bertz CT molecular complexity index is 103. The van der Waals surface area contributed by atoms with E-state index < -0.39 is 12.8 Å². The van der Waals surface area contributed by atoms with E-state index in [0.717, 1.165) is 5.88 Å². The van der Waals surface area contributed by atoms with E-state index in [1.807, 2.05) is 0 Å². The van der Waals surface area contributed by atoms with Crippen molar-refractivity contribution in [1.82, 2.24) is 0 Å². The molecule has 0 rings (SSSR count). The topological polar surface area (TPSA) is 0 Å². The molecule has 0 fully saturated rings. The van der Waals surface area contributed by atoms with Crippen LogP contribution < -0.4 is 0 Å². The second kappa shape index (κ2) is 14.3. The van der Waals surface area contributed by atoms with E-state index in [-0.39, 0.29) is 6.33 Å². The van der Waals surface area contributed by atoms with E-state index in [1.54, 1.807) is 0 Å². The maximum Gasteiger partial charge on any atom is 0.149 e. The summed E-state index contributed by atoms with van der Waals surface area (Å²) < 4.78 is 33.3. The largest absolute Gasteiger partial charge is 0.248 e. The molecule has 1 unspecified atom stereocenters. The van der Waals surface area contributed by atoms with Gasteiger partial charge in [-0.05, 0) is 12.5 Å². The summed E-state index contributed by atoms with van der Waals surface area (Å²) in [4.78, 5) is 0. The second-order valence-corrected chi connectivity index (χ2v) is 2.76. The molecule has 0 aliphatic rings. The van der Waals surface area contributed by atoms with Crippen molar-refractivity contribution < 1.29 is 13.2 Å². The molecule has 0 aromatic heterocycles. The molecule has 4 heteroatoms. The normalized spacial score (nSPS) is 12.4. The SMILES string of the molecule is CCCCCCl.FC=CC(F)CF. The second-order valence-electron chi connectivity index (χ2n) is 2.38. The van der Waals surface area contributed by atoms with E-state index in [1.165, 1.54) is 19.3 Å². The number of hydrogen-bond donors (Lipinski definition) is 0. The molecule has 13 heavy (non-hydrogen) atoms. The fourth-order valence-corrected chi connectivity index (χ4v) is 0.664. The van der Waals surface area contributed by atoms with Crippen molar-refractivity contribution >= 4 is 11.6 Å². The maximum absolute atomic E-state index is 11.4. The number of rotatable bonds is 5. The Balaban J connectivity index is 0. The van der Waals surface area contributed by atoms with Gasteiger partial charge in [0, 0.05) is 5.88 Å². The van der Waals surface area contributed by atoms with Crippen LogP contribution in [0, 0.1) is 0 Å². The molecule has 0 nitrogen and oxygen atoms in total. The van der Waals surface area contributed by atoms with Gasteiger partial charge in [0.1, 0.15) is 12.8 Å². The van der Waals surface area contributed by atoms with Crippen LogP contribution in [0.5, 0.6) is 0 Å². The van der Waals surface area contributed by atoms with Crippen LogP contribution in [-0.4, -0.2) is 18.7 Å². The average Bonchev–Trinajstić information content (AvgIpc) is 2.16. The number of unbranched alkanes of at least 4 members (excludes halogenated alkanes) is 2. The molecule has 0 saturated carbocycles. The van der Waals surface area contributed by atoms with Gasteiger partial charge in [-0.3, -0.25) is 0 Å². The summed E-state index contributed by atoms with van der Waals surface area (Å²) in [6.45, 7) is 1.02. The van der Waals surface area contributed by atoms with E-state index >= 15 is 0 Å². The summed E-state index contributed by atoms with van der Waals surface area (Å²) >= 11 is 5.38. The lowest BCUT2D eigenvalue weighted by atomic mass is 10.3. The Hall–Kier alpha value is -0.180. The van der Waals surface area contributed by atoms with Crippen molar-refractivity contribution in [1.29, 1.82) is 0 Å². The average molecular weight is 217 g/mol. The minimum Gasteiger partial charge on any atom is -0.248 e. The summed E-state index contributed by atoms with van der Waals surface area (Å²) in [7, 11) is 0. The lowest BCUT2D eigenvalue weighted by molar-refractivity contribution is 0.308. The van der Waals surface area contributed by atoms with Crippen LogP contribution in [0.2, 0.25) is 0 Å². The first-order valence-electron chi connectivity index (χ1n) is 4.25. The predicted octanol–water partition coefficient (Wildman–Crippen LogP) is 4.19. The van der Waals surface area contributed by atoms with Gasteiger partial charge in [-0.25, -0.2) is 13.2 Å². The molecule has 0 aliphatic carbocycles. The molecule has 80 valence electrons. The first-order valence-corrected chi connectivity index (χ1v) is 4.79. The predicted molar refractivity (Wildman–Crippen MR) is 51.4 cm³/mol. The standard InChI is InChI=1S/C5H11Cl.C4H5F3/c1-2-3-4-5-6;5-2-1-4(7)3-6/h2-5H2,1H3;1-2,4H,3H2. The zero-order valence-electron chi connectivity index (χ0n) is 7.78. The van der Waals surface area contributed by atoms with Gasteiger partial charge in [0.2, 0.25) is 0 Å². The Morgan fingerprint density at radius 3 is 2.15 bits per heavy atom. The van der Waals surface area contributed by atoms with Gasteiger partial charge in [0.05, 0.1) is 6.33 Å². The van der Waals surface area contributed by atoms with E-state index in [2.05, 4.69) is 6.92 Å². The summed E-state index contributed by atoms with van der Waals surface area (Å²) in [6, 6.07) is 0. The highest BCUT2D eigenvalue weighted by molar-refractivity contribution is 6.17. The van der Waals surface area contributed by atoms with Crippen molar-refractivity contribution in [3.05, 3.63) is 12.4 Å². The molecule has 1 atom stereocenters. The minimum atomic E-state index is -1.77. The molecular weight excluding hydrogens is 201 g/mol. The van der Waals surface area contributed by atoms with Gasteiger partial charge in [-0.2, -0.15) is 0 Å². The van der Waals surface area contributed by atoms with Crippen molar-refractivity contribution in [2.45, 2.75) is 32.4 Å². The summed E-state index contributed by atoms with van der Waals surface area (Å²) in [6.07, 6.45) is 2.46. The van der Waals surface area contributed by atoms with Gasteiger partial charge < -0.3 is 0 Å². The smallest absolute Gasteiger partial charge is 0.149 e. The van der Waals surface area contributed by atoms with Crippen LogP contribution >= 0.6 is 11.6 Å². The zero-order chi connectivity index (χ0) is 10.5. The van der Waals surface area contributed by atoms with Crippen LogP contribution in [0.1, 0.15) is 26.2 Å². The van der Waals surface area contributed by atoms with Crippen molar-refractivity contribution in [2.24, 2.45) is 0 Å². The van der Waals surface area contributed by atoms with Crippen LogP contribution in [0.25, 0.3) is 0 Å². The molecule has 0 bridgehead atoms. The van der Waals surface area contributed by atoms with Gasteiger partial charge in [0.25, 0.3) is 0 Å². The van der Waals surface area contributed by atoms with Gasteiger partial charge in [-0.1, -0.05) is 19.8 Å². The molecule has 0 N–H and O–H groups in total. The Morgan fingerprint density at radius 1 is 1.38 bits per heavy atom. The highest BCUT2D eigenvalue weighted by Crippen LogP contribution is 1.93. The fourth-order valence-electron chi connectivity index (χ4n) is 0.475. The van der Waals surface area contributed by atoms with Gasteiger partial charge in [-0.15, -0.1) is 11.6 Å². The molecular formula is C9H16ClF3. The molecule has 0 aliphatic heterocycles. The Kier molecular flexibility index (Phi) is 16.9. The van der Waals surface area contributed by atoms with E-state index in [9.17, 15) is 13.2 Å².